The van der Waals surface area contributed by atoms with Crippen LogP contribution in [0.2, 0.25) is 0 Å². The van der Waals surface area contributed by atoms with E-state index in [1.807, 2.05) is 67.2 Å². The van der Waals surface area contributed by atoms with Gasteiger partial charge in [0, 0.05) is 36.2 Å². The fourth-order valence-electron chi connectivity index (χ4n) is 2.49. The third-order valence-electron chi connectivity index (χ3n) is 3.76. The van der Waals surface area contributed by atoms with E-state index in [2.05, 4.69) is 0 Å². The van der Waals surface area contributed by atoms with Gasteiger partial charge in [0.2, 0.25) is 0 Å². The number of nitrogens with zero attached hydrogens (tertiary/aromatic N) is 2. The second kappa shape index (κ2) is 8.34. The Hall–Kier alpha value is -2.56. The molecule has 5 heteroatoms. The fraction of sp³-hybridized carbons (Fsp3) is 0.368. The lowest BCUT2D eigenvalue weighted by Crippen LogP contribution is -2.38. The number of hydrogen-bond acceptors (Lipinski definition) is 3. The lowest BCUT2D eigenvalue weighted by atomic mass is 10.1. The van der Waals surface area contributed by atoms with Gasteiger partial charge in [0.25, 0.3) is 5.91 Å². The zero-order valence-electron chi connectivity index (χ0n) is 14.4. The average molecular weight is 328 g/mol. The van der Waals surface area contributed by atoms with Crippen LogP contribution in [0.4, 0.5) is 0 Å². The summed E-state index contributed by atoms with van der Waals surface area (Å²) in [6, 6.07) is 11.4. The molecule has 2 aromatic rings. The predicted octanol–water partition coefficient (Wildman–Crippen LogP) is 3.28. The molecule has 0 spiro atoms. The van der Waals surface area contributed by atoms with Gasteiger partial charge in [-0.1, -0.05) is 0 Å². The van der Waals surface area contributed by atoms with Gasteiger partial charge >= 0.3 is 5.97 Å². The molecule has 5 nitrogen and oxygen atoms in total. The van der Waals surface area contributed by atoms with Gasteiger partial charge in [-0.3, -0.25) is 9.59 Å². The average Bonchev–Trinajstić information content (AvgIpc) is 3.09. The summed E-state index contributed by atoms with van der Waals surface area (Å²) < 4.78 is 6.92. The van der Waals surface area contributed by atoms with Gasteiger partial charge in [-0.2, -0.15) is 0 Å². The van der Waals surface area contributed by atoms with Gasteiger partial charge in [0.15, 0.2) is 0 Å². The largest absolute Gasteiger partial charge is 0.466 e. The van der Waals surface area contributed by atoms with Crippen molar-refractivity contribution in [2.75, 3.05) is 13.2 Å². The fourth-order valence-corrected chi connectivity index (χ4v) is 2.49. The Bertz CT molecular complexity index is 660. The summed E-state index contributed by atoms with van der Waals surface area (Å²) in [5.41, 5.74) is 1.61. The van der Waals surface area contributed by atoms with Crippen LogP contribution in [0.25, 0.3) is 5.69 Å². The number of hydrogen-bond donors (Lipinski definition) is 0. The van der Waals surface area contributed by atoms with Crippen molar-refractivity contribution >= 4 is 11.9 Å². The lowest BCUT2D eigenvalue weighted by Gasteiger charge is -2.26. The molecule has 0 saturated carbocycles. The van der Waals surface area contributed by atoms with Gasteiger partial charge in [0.1, 0.15) is 0 Å². The van der Waals surface area contributed by atoms with Crippen LogP contribution in [0, 0.1) is 0 Å². The first-order chi connectivity index (χ1) is 11.5. The molecule has 128 valence electrons. The van der Waals surface area contributed by atoms with E-state index in [1.54, 1.807) is 11.8 Å². The Kier molecular flexibility index (Phi) is 6.18. The smallest absolute Gasteiger partial charge is 0.307 e. The molecule has 1 aromatic carbocycles. The third-order valence-corrected chi connectivity index (χ3v) is 3.76. The molecule has 1 amide bonds. The highest BCUT2D eigenvalue weighted by Crippen LogP contribution is 2.14. The van der Waals surface area contributed by atoms with Gasteiger partial charge in [-0.15, -0.1) is 0 Å². The molecule has 0 fully saturated rings. The molecule has 2 rings (SSSR count). The molecule has 0 saturated heterocycles. The summed E-state index contributed by atoms with van der Waals surface area (Å²) in [7, 11) is 0. The standard InChI is InChI=1S/C19H24N2O3/c1-4-24-18(22)11-14-21(15(2)3)19(23)16-7-9-17(10-8-16)20-12-5-6-13-20/h5-10,12-13,15H,4,11,14H2,1-3H3. The molecule has 0 aliphatic carbocycles. The molecule has 1 heterocycles. The zero-order valence-corrected chi connectivity index (χ0v) is 14.4. The van der Waals surface area contributed by atoms with E-state index in [9.17, 15) is 9.59 Å². The van der Waals surface area contributed by atoms with E-state index in [-0.39, 0.29) is 24.3 Å². The molecule has 0 radical (unpaired) electrons. The first-order valence-corrected chi connectivity index (χ1v) is 8.23. The van der Waals surface area contributed by atoms with Gasteiger partial charge in [0.05, 0.1) is 13.0 Å². The van der Waals surface area contributed by atoms with Crippen LogP contribution in [0.15, 0.2) is 48.8 Å². The quantitative estimate of drug-likeness (QED) is 0.733. The van der Waals surface area contributed by atoms with Crippen LogP contribution in [0.1, 0.15) is 37.6 Å². The number of rotatable bonds is 7. The molecule has 0 aliphatic rings. The number of carbonyl (C=O) groups excluding carboxylic acids is 2. The Morgan fingerprint density at radius 3 is 2.29 bits per heavy atom. The van der Waals surface area contributed by atoms with E-state index in [4.69, 9.17) is 4.74 Å². The first-order valence-electron chi connectivity index (χ1n) is 8.23. The summed E-state index contributed by atoms with van der Waals surface area (Å²) in [4.78, 5) is 26.0. The molecule has 1 aromatic heterocycles. The van der Waals surface area contributed by atoms with Crippen LogP contribution < -0.4 is 0 Å². The van der Waals surface area contributed by atoms with Crippen LogP contribution >= 0.6 is 0 Å². The Labute approximate surface area is 142 Å². The summed E-state index contributed by atoms with van der Waals surface area (Å²) in [5, 5.41) is 0. The maximum atomic E-state index is 12.7. The van der Waals surface area contributed by atoms with Crippen molar-refractivity contribution in [1.29, 1.82) is 0 Å². The number of esters is 1. The van der Waals surface area contributed by atoms with E-state index in [0.29, 0.717) is 18.7 Å². The predicted molar refractivity (Wildman–Crippen MR) is 93.2 cm³/mol. The van der Waals surface area contributed by atoms with Crippen LogP contribution in [-0.4, -0.2) is 40.5 Å². The minimum Gasteiger partial charge on any atom is -0.466 e. The van der Waals surface area contributed by atoms with E-state index in [1.165, 1.54) is 0 Å². The summed E-state index contributed by atoms with van der Waals surface area (Å²) in [6.45, 7) is 6.37. The highest BCUT2D eigenvalue weighted by molar-refractivity contribution is 5.94. The van der Waals surface area contributed by atoms with Gasteiger partial charge in [-0.25, -0.2) is 0 Å². The summed E-state index contributed by atoms with van der Waals surface area (Å²) >= 11 is 0. The SMILES string of the molecule is CCOC(=O)CCN(C(=O)c1ccc(-n2cccc2)cc1)C(C)C. The van der Waals surface area contributed by atoms with E-state index < -0.39 is 0 Å². The molecule has 0 bridgehead atoms. The van der Waals surface area contributed by atoms with Crippen molar-refractivity contribution in [2.24, 2.45) is 0 Å². The molecule has 0 N–H and O–H groups in total. The highest BCUT2D eigenvalue weighted by Gasteiger charge is 2.20. The second-order valence-corrected chi connectivity index (χ2v) is 5.78. The number of ether oxygens (including phenoxy) is 1. The van der Waals surface area contributed by atoms with Crippen molar-refractivity contribution in [3.63, 3.8) is 0 Å². The maximum absolute atomic E-state index is 12.7. The van der Waals surface area contributed by atoms with Crippen LogP contribution in [-0.2, 0) is 9.53 Å². The molecule has 0 unspecified atom stereocenters. The van der Waals surface area contributed by atoms with Crippen LogP contribution in [0.5, 0.6) is 0 Å². The second-order valence-electron chi connectivity index (χ2n) is 5.78. The Balaban J connectivity index is 2.07. The van der Waals surface area contributed by atoms with Crippen molar-refractivity contribution in [3.8, 4) is 5.69 Å². The van der Waals surface area contributed by atoms with E-state index >= 15 is 0 Å². The number of benzene rings is 1. The van der Waals surface area contributed by atoms with E-state index in [0.717, 1.165) is 5.69 Å². The molecule has 0 aliphatic heterocycles. The number of amides is 1. The van der Waals surface area contributed by atoms with Crippen molar-refractivity contribution in [1.82, 2.24) is 9.47 Å². The van der Waals surface area contributed by atoms with Crippen molar-refractivity contribution in [2.45, 2.75) is 33.2 Å². The topological polar surface area (TPSA) is 51.5 Å². The minimum absolute atomic E-state index is 0.0102. The number of carbonyl (C=O) groups is 2. The monoisotopic (exact) mass is 328 g/mol. The first kappa shape index (κ1) is 17.8. The van der Waals surface area contributed by atoms with Gasteiger partial charge < -0.3 is 14.2 Å². The third kappa shape index (κ3) is 4.47. The summed E-state index contributed by atoms with van der Waals surface area (Å²) in [5.74, 6) is -0.354. The van der Waals surface area contributed by atoms with Gasteiger partial charge in [-0.05, 0) is 57.2 Å². The van der Waals surface area contributed by atoms with Crippen LogP contribution in [0.3, 0.4) is 0 Å². The molecule has 0 atom stereocenters. The summed E-state index contributed by atoms with van der Waals surface area (Å²) in [6.07, 6.45) is 4.12. The minimum atomic E-state index is -0.279. The molecular weight excluding hydrogens is 304 g/mol. The normalized spacial score (nSPS) is 10.7. The van der Waals surface area contributed by atoms with Crippen molar-refractivity contribution in [3.05, 3.63) is 54.4 Å². The maximum Gasteiger partial charge on any atom is 0.307 e. The Morgan fingerprint density at radius 1 is 1.12 bits per heavy atom. The zero-order chi connectivity index (χ0) is 17.5. The molecular formula is C19H24N2O3. The lowest BCUT2D eigenvalue weighted by molar-refractivity contribution is -0.143. The Morgan fingerprint density at radius 2 is 1.75 bits per heavy atom. The number of aromatic nitrogens is 1. The molecule has 24 heavy (non-hydrogen) atoms. The van der Waals surface area contributed by atoms with Crippen molar-refractivity contribution < 1.29 is 14.3 Å². The highest BCUT2D eigenvalue weighted by atomic mass is 16.5.